The van der Waals surface area contributed by atoms with Crippen LogP contribution in [-0.2, 0) is 0 Å². The van der Waals surface area contributed by atoms with Crippen molar-refractivity contribution in [2.24, 2.45) is 0 Å². The molecule has 1 atom stereocenters. The van der Waals surface area contributed by atoms with Crippen LogP contribution in [0.3, 0.4) is 0 Å². The van der Waals surface area contributed by atoms with E-state index in [4.69, 9.17) is 0 Å². The first kappa shape index (κ1) is 16.5. The predicted molar refractivity (Wildman–Crippen MR) is 102 cm³/mol. The number of benzene rings is 3. The molecule has 0 saturated heterocycles. The highest BCUT2D eigenvalue weighted by atomic mass is 32.2. The smallest absolute Gasteiger partial charge is 0.164 e. The summed E-state index contributed by atoms with van der Waals surface area (Å²) < 4.78 is 0. The number of hydrogen-bond acceptors (Lipinski definition) is 2. The molecule has 3 rings (SSSR count). The normalized spacial score (nSPS) is 11.9. The monoisotopic (exact) mass is 332 g/mol. The molecule has 0 aliphatic rings. The molecule has 0 radical (unpaired) electrons. The maximum Gasteiger partial charge on any atom is 0.164 e. The van der Waals surface area contributed by atoms with Crippen molar-refractivity contribution < 1.29 is 4.79 Å². The van der Waals surface area contributed by atoms with E-state index in [0.29, 0.717) is 6.42 Å². The van der Waals surface area contributed by atoms with E-state index < -0.39 is 0 Å². The molecule has 3 aromatic carbocycles. The topological polar surface area (TPSA) is 17.1 Å². The summed E-state index contributed by atoms with van der Waals surface area (Å²) in [5, 5.41) is 0.112. The Morgan fingerprint density at radius 2 is 1.42 bits per heavy atom. The number of aryl methyl sites for hydroxylation is 1. The number of hydrogen-bond donors (Lipinski definition) is 0. The van der Waals surface area contributed by atoms with Crippen molar-refractivity contribution in [2.45, 2.75) is 23.5 Å². The molecule has 0 aliphatic heterocycles. The quantitative estimate of drug-likeness (QED) is 0.400. The number of thioether (sulfide) groups is 1. The number of ketones is 1. The summed E-state index contributed by atoms with van der Waals surface area (Å²) in [5.74, 6) is 0.187. The number of rotatable bonds is 6. The van der Waals surface area contributed by atoms with Crippen LogP contribution in [0.25, 0.3) is 0 Å². The van der Waals surface area contributed by atoms with Gasteiger partial charge in [0.2, 0.25) is 0 Å². The number of carbonyl (C=O) groups is 1. The van der Waals surface area contributed by atoms with Gasteiger partial charge in [0.05, 0.1) is 0 Å². The van der Waals surface area contributed by atoms with Gasteiger partial charge in [-0.2, -0.15) is 0 Å². The molecular formula is C22H20OS. The zero-order valence-electron chi connectivity index (χ0n) is 13.7. The Bertz CT molecular complexity index is 796. The van der Waals surface area contributed by atoms with E-state index in [1.807, 2.05) is 60.7 Å². The lowest BCUT2D eigenvalue weighted by molar-refractivity contribution is 0.0982. The van der Waals surface area contributed by atoms with E-state index in [-0.39, 0.29) is 11.0 Å². The first-order valence-corrected chi connectivity index (χ1v) is 8.97. The van der Waals surface area contributed by atoms with Gasteiger partial charge in [-0.05, 0) is 30.2 Å². The van der Waals surface area contributed by atoms with Crippen molar-refractivity contribution in [3.63, 3.8) is 0 Å². The highest BCUT2D eigenvalue weighted by Crippen LogP contribution is 2.39. The van der Waals surface area contributed by atoms with Crippen molar-refractivity contribution >= 4 is 17.5 Å². The van der Waals surface area contributed by atoms with Crippen LogP contribution in [0, 0.1) is 6.92 Å². The van der Waals surface area contributed by atoms with Gasteiger partial charge in [-0.25, -0.2) is 0 Å². The summed E-state index contributed by atoms with van der Waals surface area (Å²) in [5.41, 5.74) is 3.24. The molecule has 0 spiro atoms. The minimum Gasteiger partial charge on any atom is -0.294 e. The SMILES string of the molecule is Cc1ccccc1C(CC(=O)c1ccccc1)Sc1ccccc1. The third kappa shape index (κ3) is 4.15. The minimum atomic E-state index is 0.112. The second kappa shape index (κ2) is 7.98. The van der Waals surface area contributed by atoms with Crippen LogP contribution in [0.15, 0.2) is 89.8 Å². The first-order chi connectivity index (χ1) is 11.7. The van der Waals surface area contributed by atoms with Crippen molar-refractivity contribution in [1.29, 1.82) is 0 Å². The highest BCUT2D eigenvalue weighted by molar-refractivity contribution is 7.99. The molecule has 120 valence electrons. The van der Waals surface area contributed by atoms with Gasteiger partial charge in [0.1, 0.15) is 0 Å². The van der Waals surface area contributed by atoms with Gasteiger partial charge in [0.15, 0.2) is 5.78 Å². The molecule has 0 heterocycles. The summed E-state index contributed by atoms with van der Waals surface area (Å²) in [6, 6.07) is 28.2. The van der Waals surface area contributed by atoms with Crippen LogP contribution in [0.1, 0.15) is 33.2 Å². The van der Waals surface area contributed by atoms with Crippen LogP contribution in [0.2, 0.25) is 0 Å². The molecule has 0 amide bonds. The zero-order chi connectivity index (χ0) is 16.8. The average molecular weight is 332 g/mol. The largest absolute Gasteiger partial charge is 0.294 e. The Hall–Kier alpha value is -2.32. The van der Waals surface area contributed by atoms with Gasteiger partial charge >= 0.3 is 0 Å². The summed E-state index contributed by atoms with van der Waals surface area (Å²) >= 11 is 1.76. The molecule has 0 aliphatic carbocycles. The van der Waals surface area contributed by atoms with Gasteiger partial charge < -0.3 is 0 Å². The van der Waals surface area contributed by atoms with Crippen LogP contribution >= 0.6 is 11.8 Å². The molecule has 0 N–H and O–H groups in total. The lowest BCUT2D eigenvalue weighted by atomic mass is 9.99. The maximum atomic E-state index is 12.7. The van der Waals surface area contributed by atoms with E-state index in [9.17, 15) is 4.79 Å². The summed E-state index contributed by atoms with van der Waals surface area (Å²) in [6.45, 7) is 2.11. The Balaban J connectivity index is 1.87. The Morgan fingerprint density at radius 3 is 2.08 bits per heavy atom. The molecular weight excluding hydrogens is 312 g/mol. The third-order valence-electron chi connectivity index (χ3n) is 4.02. The molecule has 1 nitrogen and oxygen atoms in total. The number of Topliss-reactive ketones (excluding diaryl/α,β-unsaturated/α-hetero) is 1. The average Bonchev–Trinajstić information content (AvgIpc) is 2.63. The molecule has 1 unspecified atom stereocenters. The maximum absolute atomic E-state index is 12.7. The number of carbonyl (C=O) groups excluding carboxylic acids is 1. The molecule has 0 fully saturated rings. The van der Waals surface area contributed by atoms with Crippen molar-refractivity contribution in [1.82, 2.24) is 0 Å². The van der Waals surface area contributed by atoms with Gasteiger partial charge in [0.25, 0.3) is 0 Å². The lowest BCUT2D eigenvalue weighted by Crippen LogP contribution is -2.06. The van der Waals surface area contributed by atoms with Crippen LogP contribution in [0.5, 0.6) is 0 Å². The highest BCUT2D eigenvalue weighted by Gasteiger charge is 2.20. The van der Waals surface area contributed by atoms with E-state index in [1.165, 1.54) is 16.0 Å². The molecule has 24 heavy (non-hydrogen) atoms. The third-order valence-corrected chi connectivity index (χ3v) is 5.27. The van der Waals surface area contributed by atoms with E-state index >= 15 is 0 Å². The Morgan fingerprint density at radius 1 is 0.833 bits per heavy atom. The van der Waals surface area contributed by atoms with E-state index in [1.54, 1.807) is 11.8 Å². The molecule has 0 saturated carbocycles. The standard InChI is InChI=1S/C22H20OS/c1-17-10-8-9-15-20(17)22(24-19-13-6-3-7-14-19)16-21(23)18-11-4-2-5-12-18/h2-15,22H,16H2,1H3. The van der Waals surface area contributed by atoms with Crippen molar-refractivity contribution in [3.8, 4) is 0 Å². The lowest BCUT2D eigenvalue weighted by Gasteiger charge is -2.19. The van der Waals surface area contributed by atoms with Crippen LogP contribution in [0.4, 0.5) is 0 Å². The van der Waals surface area contributed by atoms with E-state index in [0.717, 1.165) is 5.56 Å². The molecule has 0 bridgehead atoms. The second-order valence-corrected chi connectivity index (χ2v) is 7.05. The van der Waals surface area contributed by atoms with Gasteiger partial charge in [0, 0.05) is 22.1 Å². The Labute approximate surface area is 147 Å². The summed E-state index contributed by atoms with van der Waals surface area (Å²) in [6.07, 6.45) is 0.494. The minimum absolute atomic E-state index is 0.112. The fourth-order valence-electron chi connectivity index (χ4n) is 2.74. The first-order valence-electron chi connectivity index (χ1n) is 8.09. The predicted octanol–water partition coefficient (Wildman–Crippen LogP) is 6.10. The van der Waals surface area contributed by atoms with Crippen LogP contribution < -0.4 is 0 Å². The summed E-state index contributed by atoms with van der Waals surface area (Å²) in [7, 11) is 0. The Kier molecular flexibility index (Phi) is 5.50. The van der Waals surface area contributed by atoms with Crippen molar-refractivity contribution in [3.05, 3.63) is 102 Å². The molecule has 2 heteroatoms. The fourth-order valence-corrected chi connectivity index (χ4v) is 4.01. The molecule has 0 aromatic heterocycles. The second-order valence-electron chi connectivity index (χ2n) is 5.77. The van der Waals surface area contributed by atoms with E-state index in [2.05, 4.69) is 31.2 Å². The molecule has 3 aromatic rings. The fraction of sp³-hybridized carbons (Fsp3) is 0.136. The van der Waals surface area contributed by atoms with Gasteiger partial charge in [-0.15, -0.1) is 11.8 Å². The van der Waals surface area contributed by atoms with Crippen molar-refractivity contribution in [2.75, 3.05) is 0 Å². The summed E-state index contributed by atoms with van der Waals surface area (Å²) in [4.78, 5) is 13.9. The van der Waals surface area contributed by atoms with Crippen LogP contribution in [-0.4, -0.2) is 5.78 Å². The van der Waals surface area contributed by atoms with Gasteiger partial charge in [-0.1, -0.05) is 72.8 Å². The zero-order valence-corrected chi connectivity index (χ0v) is 14.5. The van der Waals surface area contributed by atoms with Gasteiger partial charge in [-0.3, -0.25) is 4.79 Å².